The molecule has 1 amide bonds. The summed E-state index contributed by atoms with van der Waals surface area (Å²) in [6.07, 6.45) is 1.60. The van der Waals surface area contributed by atoms with Crippen molar-refractivity contribution in [3.05, 3.63) is 35.4 Å². The second-order valence-electron chi connectivity index (χ2n) is 6.26. The maximum Gasteiger partial charge on any atom is 0.220 e. The van der Waals surface area contributed by atoms with Gasteiger partial charge in [-0.15, -0.1) is 0 Å². The Bertz CT molecular complexity index is 469. The van der Waals surface area contributed by atoms with Gasteiger partial charge in [0, 0.05) is 39.1 Å². The van der Waals surface area contributed by atoms with E-state index in [1.165, 1.54) is 11.1 Å². The number of piperazine rings is 1. The third-order valence-electron chi connectivity index (χ3n) is 4.39. The van der Waals surface area contributed by atoms with Crippen LogP contribution in [0.2, 0.25) is 0 Å². The van der Waals surface area contributed by atoms with Gasteiger partial charge in [0.1, 0.15) is 0 Å². The van der Waals surface area contributed by atoms with E-state index in [4.69, 9.17) is 0 Å². The van der Waals surface area contributed by atoms with Gasteiger partial charge in [-0.2, -0.15) is 0 Å². The normalized spacial score (nSPS) is 17.2. The highest BCUT2D eigenvalue weighted by Gasteiger charge is 2.13. The maximum absolute atomic E-state index is 12.1. The van der Waals surface area contributed by atoms with Gasteiger partial charge in [-0.3, -0.25) is 4.79 Å². The summed E-state index contributed by atoms with van der Waals surface area (Å²) < 4.78 is 0. The van der Waals surface area contributed by atoms with Crippen molar-refractivity contribution >= 4 is 5.91 Å². The number of amides is 1. The molecule has 1 atom stereocenters. The molecule has 1 aliphatic rings. The maximum atomic E-state index is 12.1. The van der Waals surface area contributed by atoms with Gasteiger partial charge in [-0.25, -0.2) is 0 Å². The van der Waals surface area contributed by atoms with Crippen molar-refractivity contribution in [3.63, 3.8) is 0 Å². The van der Waals surface area contributed by atoms with Crippen LogP contribution in [0.1, 0.15) is 36.8 Å². The van der Waals surface area contributed by atoms with Crippen molar-refractivity contribution in [2.75, 3.05) is 39.3 Å². The number of aryl methyl sites for hydroxylation is 1. The fraction of sp³-hybridized carbons (Fsp3) is 0.611. The third kappa shape index (κ3) is 5.43. The van der Waals surface area contributed by atoms with E-state index in [1.807, 2.05) is 12.1 Å². The van der Waals surface area contributed by atoms with Gasteiger partial charge in [-0.05, 0) is 36.9 Å². The van der Waals surface area contributed by atoms with Gasteiger partial charge in [-0.1, -0.05) is 31.2 Å². The molecule has 4 nitrogen and oxygen atoms in total. The first-order valence-corrected chi connectivity index (χ1v) is 8.42. The molecule has 0 saturated carbocycles. The smallest absolute Gasteiger partial charge is 0.220 e. The van der Waals surface area contributed by atoms with E-state index < -0.39 is 0 Å². The molecule has 0 spiro atoms. The Morgan fingerprint density at radius 2 is 2.05 bits per heavy atom. The standard InChI is InChI=1S/C18H29N3O/c1-15-6-3-4-7-17(15)16(2)14-18(22)20-8-5-11-21-12-9-19-10-13-21/h3-4,6-7,16,19H,5,8-14H2,1-2H3,(H,20,22). The lowest BCUT2D eigenvalue weighted by Crippen LogP contribution is -2.44. The van der Waals surface area contributed by atoms with Crippen LogP contribution in [-0.2, 0) is 4.79 Å². The number of hydrogen-bond donors (Lipinski definition) is 2. The third-order valence-corrected chi connectivity index (χ3v) is 4.39. The highest BCUT2D eigenvalue weighted by atomic mass is 16.1. The van der Waals surface area contributed by atoms with Gasteiger partial charge < -0.3 is 15.5 Å². The molecule has 2 N–H and O–H groups in total. The summed E-state index contributed by atoms with van der Waals surface area (Å²) in [7, 11) is 0. The Labute approximate surface area is 134 Å². The quantitative estimate of drug-likeness (QED) is 0.756. The fourth-order valence-electron chi connectivity index (χ4n) is 3.07. The van der Waals surface area contributed by atoms with E-state index in [0.29, 0.717) is 6.42 Å². The van der Waals surface area contributed by atoms with Crippen LogP contribution in [0, 0.1) is 6.92 Å². The van der Waals surface area contributed by atoms with E-state index in [2.05, 4.69) is 41.5 Å². The molecule has 122 valence electrons. The monoisotopic (exact) mass is 303 g/mol. The molecule has 1 unspecified atom stereocenters. The Kier molecular flexibility index (Phi) is 6.87. The van der Waals surface area contributed by atoms with Gasteiger partial charge in [0.15, 0.2) is 0 Å². The summed E-state index contributed by atoms with van der Waals surface area (Å²) in [6, 6.07) is 8.32. The first-order chi connectivity index (χ1) is 10.7. The summed E-state index contributed by atoms with van der Waals surface area (Å²) in [5.41, 5.74) is 2.54. The second-order valence-corrected chi connectivity index (χ2v) is 6.26. The van der Waals surface area contributed by atoms with Gasteiger partial charge in [0.05, 0.1) is 0 Å². The highest BCUT2D eigenvalue weighted by molar-refractivity contribution is 5.76. The molecular formula is C18H29N3O. The molecule has 1 heterocycles. The molecule has 22 heavy (non-hydrogen) atoms. The predicted molar refractivity (Wildman–Crippen MR) is 91.1 cm³/mol. The molecule has 1 aromatic rings. The zero-order chi connectivity index (χ0) is 15.8. The number of carbonyl (C=O) groups excluding carboxylic acids is 1. The number of carbonyl (C=O) groups is 1. The predicted octanol–water partition coefficient (Wildman–Crippen LogP) is 1.90. The van der Waals surface area contributed by atoms with E-state index in [1.54, 1.807) is 0 Å². The zero-order valence-electron chi connectivity index (χ0n) is 13.9. The molecule has 1 aromatic carbocycles. The Balaban J connectivity index is 1.64. The number of nitrogens with zero attached hydrogens (tertiary/aromatic N) is 1. The lowest BCUT2D eigenvalue weighted by molar-refractivity contribution is -0.121. The lowest BCUT2D eigenvalue weighted by atomic mass is 9.93. The summed E-state index contributed by atoms with van der Waals surface area (Å²) in [5, 5.41) is 6.41. The first-order valence-electron chi connectivity index (χ1n) is 8.42. The Morgan fingerprint density at radius 3 is 2.77 bits per heavy atom. The Morgan fingerprint density at radius 1 is 1.32 bits per heavy atom. The number of rotatable bonds is 7. The zero-order valence-corrected chi connectivity index (χ0v) is 13.9. The largest absolute Gasteiger partial charge is 0.356 e. The molecule has 0 aromatic heterocycles. The van der Waals surface area contributed by atoms with Crippen LogP contribution in [-0.4, -0.2) is 50.1 Å². The van der Waals surface area contributed by atoms with Gasteiger partial charge >= 0.3 is 0 Å². The van der Waals surface area contributed by atoms with Crippen LogP contribution >= 0.6 is 0 Å². The van der Waals surface area contributed by atoms with Crippen molar-refractivity contribution in [1.82, 2.24) is 15.5 Å². The molecule has 4 heteroatoms. The molecule has 0 aliphatic carbocycles. The molecule has 1 aliphatic heterocycles. The van der Waals surface area contributed by atoms with Crippen LogP contribution in [0.25, 0.3) is 0 Å². The summed E-state index contributed by atoms with van der Waals surface area (Å²) >= 11 is 0. The molecule has 1 fully saturated rings. The van der Waals surface area contributed by atoms with Crippen molar-refractivity contribution < 1.29 is 4.79 Å². The van der Waals surface area contributed by atoms with E-state index in [9.17, 15) is 4.79 Å². The first kappa shape index (κ1) is 17.0. The van der Waals surface area contributed by atoms with Crippen molar-refractivity contribution in [1.29, 1.82) is 0 Å². The van der Waals surface area contributed by atoms with Crippen molar-refractivity contribution in [2.45, 2.75) is 32.6 Å². The second kappa shape index (κ2) is 8.91. The average Bonchev–Trinajstić information content (AvgIpc) is 2.53. The van der Waals surface area contributed by atoms with Crippen LogP contribution < -0.4 is 10.6 Å². The van der Waals surface area contributed by atoms with Gasteiger partial charge in [0.25, 0.3) is 0 Å². The minimum atomic E-state index is 0.163. The van der Waals surface area contributed by atoms with Gasteiger partial charge in [0.2, 0.25) is 5.91 Å². The molecule has 2 rings (SSSR count). The lowest BCUT2D eigenvalue weighted by Gasteiger charge is -2.27. The molecular weight excluding hydrogens is 274 g/mol. The van der Waals surface area contributed by atoms with Crippen LogP contribution in [0.4, 0.5) is 0 Å². The molecule has 0 radical (unpaired) electrons. The van der Waals surface area contributed by atoms with Crippen LogP contribution in [0.3, 0.4) is 0 Å². The SMILES string of the molecule is Cc1ccccc1C(C)CC(=O)NCCCN1CCNCC1. The summed E-state index contributed by atoms with van der Waals surface area (Å²) in [5.74, 6) is 0.436. The number of hydrogen-bond acceptors (Lipinski definition) is 3. The van der Waals surface area contributed by atoms with E-state index in [-0.39, 0.29) is 11.8 Å². The molecule has 1 saturated heterocycles. The minimum absolute atomic E-state index is 0.163. The van der Waals surface area contributed by atoms with Crippen LogP contribution in [0.15, 0.2) is 24.3 Å². The molecule has 0 bridgehead atoms. The van der Waals surface area contributed by atoms with Crippen molar-refractivity contribution in [2.24, 2.45) is 0 Å². The topological polar surface area (TPSA) is 44.4 Å². The number of nitrogens with one attached hydrogen (secondary N) is 2. The van der Waals surface area contributed by atoms with E-state index in [0.717, 1.165) is 45.7 Å². The summed E-state index contributed by atoms with van der Waals surface area (Å²) in [4.78, 5) is 14.5. The van der Waals surface area contributed by atoms with Crippen LogP contribution in [0.5, 0.6) is 0 Å². The number of benzene rings is 1. The summed E-state index contributed by atoms with van der Waals surface area (Å²) in [6.45, 7) is 10.5. The minimum Gasteiger partial charge on any atom is -0.356 e. The highest BCUT2D eigenvalue weighted by Crippen LogP contribution is 2.22. The fourth-order valence-corrected chi connectivity index (χ4v) is 3.07. The Hall–Kier alpha value is -1.39. The van der Waals surface area contributed by atoms with E-state index >= 15 is 0 Å². The average molecular weight is 303 g/mol. The van der Waals surface area contributed by atoms with Crippen molar-refractivity contribution in [3.8, 4) is 0 Å².